The number of aliphatic hydroxyl groups is 1. The Morgan fingerprint density at radius 3 is 2.92 bits per heavy atom. The summed E-state index contributed by atoms with van der Waals surface area (Å²) in [5, 5.41) is 23.6. The van der Waals surface area contributed by atoms with Crippen LogP contribution in [0.5, 0.6) is 5.75 Å². The van der Waals surface area contributed by atoms with E-state index in [0.717, 1.165) is 30.4 Å². The number of nitriles is 1. The van der Waals surface area contributed by atoms with Crippen molar-refractivity contribution in [3.05, 3.63) is 64.7 Å². The van der Waals surface area contributed by atoms with E-state index in [1.165, 1.54) is 5.56 Å². The first-order valence-electron chi connectivity index (χ1n) is 8.25. The van der Waals surface area contributed by atoms with Crippen molar-refractivity contribution in [2.45, 2.75) is 31.4 Å². The number of hydrogen-bond donors (Lipinski definition) is 2. The highest BCUT2D eigenvalue weighted by Gasteiger charge is 2.33. The first-order chi connectivity index (χ1) is 11.7. The molecule has 0 fully saturated rings. The number of hydrogen-bond acceptors (Lipinski definition) is 4. The van der Waals surface area contributed by atoms with Crippen LogP contribution in [0.1, 0.15) is 35.1 Å². The quantitative estimate of drug-likeness (QED) is 0.888. The van der Waals surface area contributed by atoms with Crippen LogP contribution in [-0.4, -0.2) is 18.8 Å². The predicted octanol–water partition coefficient (Wildman–Crippen LogP) is 2.88. The Hall–Kier alpha value is -2.35. The predicted molar refractivity (Wildman–Crippen MR) is 92.7 cm³/mol. The van der Waals surface area contributed by atoms with Crippen LogP contribution in [0, 0.1) is 11.3 Å². The Kier molecular flexibility index (Phi) is 4.84. The van der Waals surface area contributed by atoms with Gasteiger partial charge in [0.05, 0.1) is 12.7 Å². The maximum Gasteiger partial charge on any atom is 0.136 e. The van der Waals surface area contributed by atoms with Crippen LogP contribution in [0.2, 0.25) is 0 Å². The van der Waals surface area contributed by atoms with Crippen LogP contribution < -0.4 is 10.1 Å². The summed E-state index contributed by atoms with van der Waals surface area (Å²) < 4.78 is 5.16. The number of rotatable bonds is 5. The highest BCUT2D eigenvalue weighted by molar-refractivity contribution is 5.45. The molecule has 4 nitrogen and oxygen atoms in total. The average molecular weight is 322 g/mol. The Morgan fingerprint density at radius 2 is 2.12 bits per heavy atom. The lowest BCUT2D eigenvalue weighted by molar-refractivity contribution is 0.0189. The number of nitrogens with one attached hydrogen (secondary N) is 1. The third-order valence-electron chi connectivity index (χ3n) is 4.69. The van der Waals surface area contributed by atoms with Crippen LogP contribution >= 0.6 is 0 Å². The number of ether oxygens (including phenoxy) is 1. The zero-order valence-electron chi connectivity index (χ0n) is 13.9. The van der Waals surface area contributed by atoms with Crippen LogP contribution in [-0.2, 0) is 18.6 Å². The monoisotopic (exact) mass is 322 g/mol. The molecule has 24 heavy (non-hydrogen) atoms. The molecule has 2 aromatic rings. The average Bonchev–Trinajstić information content (AvgIpc) is 2.62. The lowest BCUT2D eigenvalue weighted by atomic mass is 9.79. The summed E-state index contributed by atoms with van der Waals surface area (Å²) in [4.78, 5) is 0. The van der Waals surface area contributed by atoms with Gasteiger partial charge in [0.2, 0.25) is 0 Å². The Balaban J connectivity index is 1.68. The molecule has 1 aliphatic rings. The summed E-state index contributed by atoms with van der Waals surface area (Å²) in [7, 11) is 1.56. The number of nitrogens with zero attached hydrogens (tertiary/aromatic N) is 1. The van der Waals surface area contributed by atoms with Gasteiger partial charge in [-0.3, -0.25) is 0 Å². The van der Waals surface area contributed by atoms with Crippen molar-refractivity contribution in [1.29, 1.82) is 5.26 Å². The minimum Gasteiger partial charge on any atom is -0.495 e. The fourth-order valence-corrected chi connectivity index (χ4v) is 3.45. The van der Waals surface area contributed by atoms with Gasteiger partial charge in [-0.2, -0.15) is 5.26 Å². The summed E-state index contributed by atoms with van der Waals surface area (Å²) in [6, 6.07) is 15.8. The van der Waals surface area contributed by atoms with Crippen molar-refractivity contribution < 1.29 is 9.84 Å². The summed E-state index contributed by atoms with van der Waals surface area (Å²) >= 11 is 0. The van der Waals surface area contributed by atoms with E-state index in [1.807, 2.05) is 30.3 Å². The molecular formula is C20H22N2O2. The molecule has 0 saturated heterocycles. The second-order valence-electron chi connectivity index (χ2n) is 6.29. The molecule has 0 radical (unpaired) electrons. The summed E-state index contributed by atoms with van der Waals surface area (Å²) in [6.45, 7) is 1.10. The SMILES string of the molecule is COc1ccc(CNCC2(O)CCCc3ccccc32)cc1C#N. The molecule has 3 rings (SSSR count). The Labute approximate surface area is 142 Å². The summed E-state index contributed by atoms with van der Waals surface area (Å²) in [5.74, 6) is 0.584. The molecule has 1 atom stereocenters. The molecule has 0 saturated carbocycles. The lowest BCUT2D eigenvalue weighted by Crippen LogP contribution is -2.40. The number of fused-ring (bicyclic) bond motifs is 1. The molecule has 0 aliphatic heterocycles. The van der Waals surface area contributed by atoms with Crippen molar-refractivity contribution in [3.8, 4) is 11.8 Å². The van der Waals surface area contributed by atoms with Crippen molar-refractivity contribution >= 4 is 0 Å². The van der Waals surface area contributed by atoms with Gasteiger partial charge in [-0.15, -0.1) is 0 Å². The van der Waals surface area contributed by atoms with Gasteiger partial charge in [0.15, 0.2) is 0 Å². The lowest BCUT2D eigenvalue weighted by Gasteiger charge is -2.34. The molecule has 1 aliphatic carbocycles. The van der Waals surface area contributed by atoms with Crippen molar-refractivity contribution in [2.75, 3.05) is 13.7 Å². The van der Waals surface area contributed by atoms with Gasteiger partial charge in [0.25, 0.3) is 0 Å². The number of methoxy groups -OCH3 is 1. The molecule has 124 valence electrons. The minimum atomic E-state index is -0.820. The molecule has 0 heterocycles. The second kappa shape index (κ2) is 7.04. The topological polar surface area (TPSA) is 65.3 Å². The Bertz CT molecular complexity index is 766. The van der Waals surface area contributed by atoms with E-state index in [2.05, 4.69) is 17.5 Å². The summed E-state index contributed by atoms with van der Waals surface area (Å²) in [6.07, 6.45) is 2.79. The van der Waals surface area contributed by atoms with Crippen molar-refractivity contribution in [3.63, 3.8) is 0 Å². The smallest absolute Gasteiger partial charge is 0.136 e. The fourth-order valence-electron chi connectivity index (χ4n) is 3.45. The van der Waals surface area contributed by atoms with E-state index in [4.69, 9.17) is 10.00 Å². The van der Waals surface area contributed by atoms with E-state index < -0.39 is 5.60 Å². The second-order valence-corrected chi connectivity index (χ2v) is 6.29. The molecule has 4 heteroatoms. The number of aryl methyl sites for hydroxylation is 1. The zero-order chi connectivity index (χ0) is 17.0. The molecule has 1 unspecified atom stereocenters. The van der Waals surface area contributed by atoms with E-state index in [1.54, 1.807) is 13.2 Å². The molecule has 0 aromatic heterocycles. The standard InChI is InChI=1S/C20H22N2O2/c1-24-19-9-8-15(11-17(19)12-21)13-22-14-20(23)10-4-6-16-5-2-3-7-18(16)20/h2-3,5,7-9,11,22-23H,4,6,10,13-14H2,1H3. The first kappa shape index (κ1) is 16.5. The van der Waals surface area contributed by atoms with Gasteiger partial charge in [-0.25, -0.2) is 0 Å². The molecule has 2 N–H and O–H groups in total. The summed E-state index contributed by atoms with van der Waals surface area (Å²) in [5.41, 5.74) is 2.98. The highest BCUT2D eigenvalue weighted by Crippen LogP contribution is 2.34. The number of benzene rings is 2. The molecule has 0 amide bonds. The van der Waals surface area contributed by atoms with Gasteiger partial charge in [0, 0.05) is 13.1 Å². The molecule has 2 aromatic carbocycles. The first-order valence-corrected chi connectivity index (χ1v) is 8.25. The van der Waals surface area contributed by atoms with Crippen molar-refractivity contribution in [1.82, 2.24) is 5.32 Å². The van der Waals surface area contributed by atoms with Crippen LogP contribution in [0.3, 0.4) is 0 Å². The fraction of sp³-hybridized carbons (Fsp3) is 0.350. The normalized spacial score (nSPS) is 19.4. The van der Waals surface area contributed by atoms with Gasteiger partial charge in [0.1, 0.15) is 17.4 Å². The minimum absolute atomic E-state index is 0.498. The van der Waals surface area contributed by atoms with Gasteiger partial charge < -0.3 is 15.2 Å². The van der Waals surface area contributed by atoms with Crippen LogP contribution in [0.15, 0.2) is 42.5 Å². The molecule has 0 spiro atoms. The third-order valence-corrected chi connectivity index (χ3v) is 4.69. The zero-order valence-corrected chi connectivity index (χ0v) is 13.9. The van der Waals surface area contributed by atoms with E-state index in [0.29, 0.717) is 24.4 Å². The van der Waals surface area contributed by atoms with Gasteiger partial charge >= 0.3 is 0 Å². The Morgan fingerprint density at radius 1 is 1.29 bits per heavy atom. The van der Waals surface area contributed by atoms with Crippen LogP contribution in [0.4, 0.5) is 0 Å². The third kappa shape index (κ3) is 3.28. The maximum absolute atomic E-state index is 11.0. The highest BCUT2D eigenvalue weighted by atomic mass is 16.5. The van der Waals surface area contributed by atoms with Gasteiger partial charge in [-0.1, -0.05) is 30.3 Å². The largest absolute Gasteiger partial charge is 0.495 e. The van der Waals surface area contributed by atoms with E-state index >= 15 is 0 Å². The van der Waals surface area contributed by atoms with E-state index in [9.17, 15) is 5.11 Å². The van der Waals surface area contributed by atoms with Gasteiger partial charge in [-0.05, 0) is 48.1 Å². The van der Waals surface area contributed by atoms with Crippen LogP contribution in [0.25, 0.3) is 0 Å². The maximum atomic E-state index is 11.0. The molecule has 0 bridgehead atoms. The molecular weight excluding hydrogens is 300 g/mol. The van der Waals surface area contributed by atoms with Crippen molar-refractivity contribution in [2.24, 2.45) is 0 Å². The van der Waals surface area contributed by atoms with E-state index in [-0.39, 0.29) is 0 Å².